The van der Waals surface area contributed by atoms with E-state index in [2.05, 4.69) is 65.4 Å². The molecule has 0 amide bonds. The lowest BCUT2D eigenvalue weighted by Crippen LogP contribution is -2.19. The zero-order valence-corrected chi connectivity index (χ0v) is 13.9. The first-order valence-electron chi connectivity index (χ1n) is 7.47. The third kappa shape index (κ3) is 4.95. The minimum atomic E-state index is 0.227. The Morgan fingerprint density at radius 2 is 2.25 bits per heavy atom. The Kier molecular flexibility index (Phi) is 6.11. The van der Waals surface area contributed by atoms with Gasteiger partial charge in [-0.15, -0.1) is 0 Å². The van der Waals surface area contributed by atoms with Gasteiger partial charge < -0.3 is 10.1 Å². The second-order valence-electron chi connectivity index (χ2n) is 5.80. The van der Waals surface area contributed by atoms with E-state index in [1.807, 2.05) is 0 Å². The average molecular weight is 338 g/mol. The molecule has 20 heavy (non-hydrogen) atoms. The predicted octanol–water partition coefficient (Wildman–Crippen LogP) is 4.68. The molecule has 0 radical (unpaired) electrons. The van der Waals surface area contributed by atoms with E-state index in [1.165, 1.54) is 18.4 Å². The van der Waals surface area contributed by atoms with Gasteiger partial charge in [0.15, 0.2) is 0 Å². The number of nitrogens with one attached hydrogen (secondary N) is 1. The van der Waals surface area contributed by atoms with Crippen molar-refractivity contribution >= 4 is 15.9 Å². The van der Waals surface area contributed by atoms with Crippen LogP contribution in [-0.4, -0.2) is 12.6 Å². The van der Waals surface area contributed by atoms with Crippen LogP contribution >= 0.6 is 15.9 Å². The van der Waals surface area contributed by atoms with Crippen LogP contribution in [0.3, 0.4) is 0 Å². The van der Waals surface area contributed by atoms with Crippen LogP contribution in [0, 0.1) is 5.92 Å². The maximum atomic E-state index is 6.03. The molecule has 0 heterocycles. The summed E-state index contributed by atoms with van der Waals surface area (Å²) < 4.78 is 7.07. The third-order valence-corrected chi connectivity index (χ3v) is 3.99. The van der Waals surface area contributed by atoms with Gasteiger partial charge in [-0.25, -0.2) is 0 Å². The normalized spacial score (nSPS) is 18.5. The van der Waals surface area contributed by atoms with Gasteiger partial charge in [0.05, 0.1) is 4.47 Å². The van der Waals surface area contributed by atoms with Gasteiger partial charge in [-0.1, -0.05) is 26.0 Å². The fourth-order valence-corrected chi connectivity index (χ4v) is 2.82. The second kappa shape index (κ2) is 7.84. The van der Waals surface area contributed by atoms with Gasteiger partial charge in [-0.3, -0.25) is 0 Å². The van der Waals surface area contributed by atoms with Crippen LogP contribution < -0.4 is 10.1 Å². The number of hydrogen-bond acceptors (Lipinski definition) is 2. The summed E-state index contributed by atoms with van der Waals surface area (Å²) in [5, 5.41) is 3.46. The molecule has 0 fully saturated rings. The molecule has 1 unspecified atom stereocenters. The molecule has 0 aliphatic heterocycles. The van der Waals surface area contributed by atoms with Gasteiger partial charge >= 0.3 is 0 Å². The van der Waals surface area contributed by atoms with Gasteiger partial charge in [0, 0.05) is 6.54 Å². The van der Waals surface area contributed by atoms with Gasteiger partial charge in [0.1, 0.15) is 11.9 Å². The number of halogens is 1. The van der Waals surface area contributed by atoms with Crippen LogP contribution in [0.2, 0.25) is 0 Å². The molecule has 0 bridgehead atoms. The summed E-state index contributed by atoms with van der Waals surface area (Å²) in [4.78, 5) is 0. The molecule has 1 atom stereocenters. The molecular formula is C17H24BrNO. The molecular weight excluding hydrogens is 314 g/mol. The number of ether oxygens (including phenoxy) is 1. The van der Waals surface area contributed by atoms with Gasteiger partial charge in [-0.2, -0.15) is 0 Å². The summed E-state index contributed by atoms with van der Waals surface area (Å²) in [7, 11) is 0. The Labute approximate surface area is 130 Å². The van der Waals surface area contributed by atoms with E-state index in [1.54, 1.807) is 0 Å². The van der Waals surface area contributed by atoms with E-state index in [0.29, 0.717) is 5.92 Å². The van der Waals surface area contributed by atoms with Crippen LogP contribution in [0.4, 0.5) is 0 Å². The van der Waals surface area contributed by atoms with Gasteiger partial charge in [-0.05, 0) is 71.4 Å². The molecule has 1 aliphatic carbocycles. The topological polar surface area (TPSA) is 21.3 Å². The summed E-state index contributed by atoms with van der Waals surface area (Å²) in [5.41, 5.74) is 1.28. The molecule has 110 valence electrons. The van der Waals surface area contributed by atoms with Gasteiger partial charge in [0.25, 0.3) is 0 Å². The van der Waals surface area contributed by atoms with Crippen LogP contribution in [0.1, 0.15) is 38.7 Å². The minimum Gasteiger partial charge on any atom is -0.485 e. The molecule has 0 saturated heterocycles. The largest absolute Gasteiger partial charge is 0.485 e. The van der Waals surface area contributed by atoms with Crippen molar-refractivity contribution in [2.45, 2.75) is 45.8 Å². The van der Waals surface area contributed by atoms with E-state index < -0.39 is 0 Å². The summed E-state index contributed by atoms with van der Waals surface area (Å²) in [6, 6.07) is 6.36. The predicted molar refractivity (Wildman–Crippen MR) is 88.1 cm³/mol. The van der Waals surface area contributed by atoms with Gasteiger partial charge in [0.2, 0.25) is 0 Å². The number of allylic oxidation sites excluding steroid dienone is 1. The maximum Gasteiger partial charge on any atom is 0.134 e. The van der Waals surface area contributed by atoms with E-state index >= 15 is 0 Å². The third-order valence-electron chi connectivity index (χ3n) is 3.37. The highest BCUT2D eigenvalue weighted by atomic mass is 79.9. The number of hydrogen-bond donors (Lipinski definition) is 1. The minimum absolute atomic E-state index is 0.227. The summed E-state index contributed by atoms with van der Waals surface area (Å²) >= 11 is 3.62. The zero-order valence-electron chi connectivity index (χ0n) is 12.4. The first kappa shape index (κ1) is 15.6. The van der Waals surface area contributed by atoms with Crippen molar-refractivity contribution in [3.8, 4) is 5.75 Å². The molecule has 1 aromatic carbocycles. The summed E-state index contributed by atoms with van der Waals surface area (Å²) in [6.45, 7) is 6.39. The smallest absolute Gasteiger partial charge is 0.134 e. The van der Waals surface area contributed by atoms with E-state index in [4.69, 9.17) is 4.74 Å². The van der Waals surface area contributed by atoms with Crippen molar-refractivity contribution in [1.29, 1.82) is 0 Å². The maximum absolute atomic E-state index is 6.03. The van der Waals surface area contributed by atoms with Crippen LogP contribution in [-0.2, 0) is 6.54 Å². The SMILES string of the molecule is CC(C)CNCc1ccc(OC2C=CCCC2)c(Br)c1. The number of benzene rings is 1. The molecule has 1 aliphatic rings. The second-order valence-corrected chi connectivity index (χ2v) is 6.66. The van der Waals surface area contributed by atoms with Crippen molar-refractivity contribution in [1.82, 2.24) is 5.32 Å². The van der Waals surface area contributed by atoms with E-state index in [-0.39, 0.29) is 6.10 Å². The molecule has 2 rings (SSSR count). The highest BCUT2D eigenvalue weighted by Crippen LogP contribution is 2.28. The van der Waals surface area contributed by atoms with Crippen LogP contribution in [0.25, 0.3) is 0 Å². The lowest BCUT2D eigenvalue weighted by atomic mass is 10.1. The molecule has 3 heteroatoms. The molecule has 1 aromatic rings. The lowest BCUT2D eigenvalue weighted by molar-refractivity contribution is 0.228. The zero-order chi connectivity index (χ0) is 14.4. The summed E-state index contributed by atoms with van der Waals surface area (Å²) in [5.74, 6) is 1.62. The van der Waals surface area contributed by atoms with Crippen molar-refractivity contribution in [2.24, 2.45) is 5.92 Å². The summed E-state index contributed by atoms with van der Waals surface area (Å²) in [6.07, 6.45) is 8.13. The number of rotatable bonds is 6. The first-order chi connectivity index (χ1) is 9.65. The van der Waals surface area contributed by atoms with Crippen LogP contribution in [0.15, 0.2) is 34.8 Å². The molecule has 1 N–H and O–H groups in total. The van der Waals surface area contributed by atoms with Crippen molar-refractivity contribution in [3.63, 3.8) is 0 Å². The average Bonchev–Trinajstić information content (AvgIpc) is 2.42. The van der Waals surface area contributed by atoms with Crippen molar-refractivity contribution < 1.29 is 4.74 Å². The highest BCUT2D eigenvalue weighted by molar-refractivity contribution is 9.10. The Hall–Kier alpha value is -0.800. The molecule has 0 aromatic heterocycles. The molecule has 0 saturated carbocycles. The van der Waals surface area contributed by atoms with Crippen molar-refractivity contribution in [2.75, 3.05) is 6.54 Å². The van der Waals surface area contributed by atoms with Crippen molar-refractivity contribution in [3.05, 3.63) is 40.4 Å². The quantitative estimate of drug-likeness (QED) is 0.761. The Bertz CT molecular complexity index is 456. The van der Waals surface area contributed by atoms with E-state index in [9.17, 15) is 0 Å². The molecule has 0 spiro atoms. The first-order valence-corrected chi connectivity index (χ1v) is 8.27. The monoisotopic (exact) mass is 337 g/mol. The van der Waals surface area contributed by atoms with E-state index in [0.717, 1.165) is 29.7 Å². The Morgan fingerprint density at radius 1 is 1.40 bits per heavy atom. The Balaban J connectivity index is 1.91. The van der Waals surface area contributed by atoms with Crippen LogP contribution in [0.5, 0.6) is 5.75 Å². The Morgan fingerprint density at radius 3 is 2.90 bits per heavy atom. The molecule has 2 nitrogen and oxygen atoms in total. The standard InChI is InChI=1S/C17H24BrNO/c1-13(2)11-19-12-14-8-9-17(16(18)10-14)20-15-6-4-3-5-7-15/h4,6,8-10,13,15,19H,3,5,7,11-12H2,1-2H3. The fourth-order valence-electron chi connectivity index (χ4n) is 2.30. The lowest BCUT2D eigenvalue weighted by Gasteiger charge is -2.19. The fraction of sp³-hybridized carbons (Fsp3) is 0.529. The highest BCUT2D eigenvalue weighted by Gasteiger charge is 2.12.